The molecule has 34 heavy (non-hydrogen) atoms. The number of ether oxygens (including phenoxy) is 2. The van der Waals surface area contributed by atoms with Crippen molar-refractivity contribution in [3.63, 3.8) is 0 Å². The summed E-state index contributed by atoms with van der Waals surface area (Å²) in [7, 11) is -1.19. The molecule has 3 rings (SSSR count). The Morgan fingerprint density at radius 3 is 2.56 bits per heavy atom. The number of carbonyl (C=O) groups excluding carboxylic acids is 2. The number of amides is 2. The molecule has 10 heteroatoms. The zero-order valence-corrected chi connectivity index (χ0v) is 22.1. The van der Waals surface area contributed by atoms with E-state index in [4.69, 9.17) is 9.47 Å². The number of hydrogen-bond donors (Lipinski definition) is 0. The highest BCUT2D eigenvalue weighted by Crippen LogP contribution is 2.34. The fourth-order valence-electron chi connectivity index (χ4n) is 4.10. The van der Waals surface area contributed by atoms with Crippen LogP contribution in [0.4, 0.5) is 4.79 Å². The molecule has 1 saturated heterocycles. The van der Waals surface area contributed by atoms with Crippen LogP contribution in [0.1, 0.15) is 44.7 Å². The Balaban J connectivity index is 1.71. The van der Waals surface area contributed by atoms with Crippen LogP contribution >= 0.6 is 0 Å². The van der Waals surface area contributed by atoms with Crippen molar-refractivity contribution in [2.75, 3.05) is 6.61 Å². The maximum atomic E-state index is 13.6. The normalized spacial score (nSPS) is 19.5. The Hall–Kier alpha value is -2.59. The molecule has 9 nitrogen and oxygen atoms in total. The molecule has 1 fully saturated rings. The molecule has 2 heterocycles. The topological polar surface area (TPSA) is 99.4 Å². The lowest BCUT2D eigenvalue weighted by atomic mass is 9.91. The van der Waals surface area contributed by atoms with Crippen LogP contribution in [-0.4, -0.2) is 57.8 Å². The summed E-state index contributed by atoms with van der Waals surface area (Å²) in [5.41, 5.74) is 0.874. The van der Waals surface area contributed by atoms with Gasteiger partial charge in [-0.15, -0.1) is 5.10 Å². The van der Waals surface area contributed by atoms with E-state index >= 15 is 0 Å². The number of imide groups is 1. The second kappa shape index (κ2) is 11.2. The van der Waals surface area contributed by atoms with Crippen molar-refractivity contribution in [2.24, 2.45) is 11.8 Å². The molecule has 1 aliphatic rings. The first-order valence-electron chi connectivity index (χ1n) is 12.0. The van der Waals surface area contributed by atoms with Crippen LogP contribution in [0.2, 0.25) is 25.7 Å². The van der Waals surface area contributed by atoms with Gasteiger partial charge in [0.15, 0.2) is 5.82 Å². The van der Waals surface area contributed by atoms with Crippen molar-refractivity contribution in [1.29, 1.82) is 0 Å². The van der Waals surface area contributed by atoms with Gasteiger partial charge in [0.25, 0.3) is 0 Å². The Morgan fingerprint density at radius 2 is 1.91 bits per heavy atom. The van der Waals surface area contributed by atoms with Gasteiger partial charge in [-0.05, 0) is 41.3 Å². The summed E-state index contributed by atoms with van der Waals surface area (Å²) >= 11 is 0. The summed E-state index contributed by atoms with van der Waals surface area (Å²) in [6, 6.07) is 10.2. The lowest BCUT2D eigenvalue weighted by Gasteiger charge is -2.25. The molecule has 0 aliphatic carbocycles. The number of nitrogens with zero attached hydrogens (tertiary/aromatic N) is 5. The van der Waals surface area contributed by atoms with Gasteiger partial charge in [-0.3, -0.25) is 4.79 Å². The molecular weight excluding hydrogens is 450 g/mol. The van der Waals surface area contributed by atoms with Crippen molar-refractivity contribution in [3.05, 3.63) is 41.7 Å². The summed E-state index contributed by atoms with van der Waals surface area (Å²) in [5.74, 6) is 0.132. The SMILES string of the molecule is CC(C)CC(Cc1nnnn1COCC[Si](C)(C)C)C(=O)N1C(=O)O[C@@H](c2ccccc2)[C@H]1C. The Bertz CT molecular complexity index is 960. The van der Waals surface area contributed by atoms with E-state index in [2.05, 4.69) is 49.0 Å². The van der Waals surface area contributed by atoms with Crippen molar-refractivity contribution < 1.29 is 19.1 Å². The summed E-state index contributed by atoms with van der Waals surface area (Å²) in [4.78, 5) is 27.6. The van der Waals surface area contributed by atoms with Crippen molar-refractivity contribution in [1.82, 2.24) is 25.1 Å². The average molecular weight is 488 g/mol. The maximum Gasteiger partial charge on any atom is 0.417 e. The van der Waals surface area contributed by atoms with Crippen LogP contribution in [0.15, 0.2) is 30.3 Å². The third-order valence-electron chi connectivity index (χ3n) is 5.99. The van der Waals surface area contributed by atoms with E-state index in [1.165, 1.54) is 4.90 Å². The number of tetrazole rings is 1. The molecule has 1 aliphatic heterocycles. The Morgan fingerprint density at radius 1 is 1.21 bits per heavy atom. The van der Waals surface area contributed by atoms with Crippen LogP contribution in [0, 0.1) is 11.8 Å². The molecule has 2 amide bonds. The first-order chi connectivity index (χ1) is 16.1. The molecule has 0 N–H and O–H groups in total. The molecule has 2 aromatic rings. The van der Waals surface area contributed by atoms with E-state index in [9.17, 15) is 9.59 Å². The summed E-state index contributed by atoms with van der Waals surface area (Å²) < 4.78 is 13.0. The minimum absolute atomic E-state index is 0.244. The van der Waals surface area contributed by atoms with Crippen LogP contribution in [0.5, 0.6) is 0 Å². The fraction of sp³-hybridized carbons (Fsp3) is 0.625. The lowest BCUT2D eigenvalue weighted by Crippen LogP contribution is -2.43. The molecule has 3 atom stereocenters. The summed E-state index contributed by atoms with van der Waals surface area (Å²) in [5, 5.41) is 12.0. The number of rotatable bonds is 11. The number of hydrogen-bond acceptors (Lipinski definition) is 7. The predicted octanol–water partition coefficient (Wildman–Crippen LogP) is 4.30. The fourth-order valence-corrected chi connectivity index (χ4v) is 4.86. The predicted molar refractivity (Wildman–Crippen MR) is 131 cm³/mol. The van der Waals surface area contributed by atoms with Crippen LogP contribution in [-0.2, 0) is 27.4 Å². The molecule has 0 radical (unpaired) electrons. The molecule has 0 spiro atoms. The van der Waals surface area contributed by atoms with E-state index in [-0.39, 0.29) is 18.6 Å². The first-order valence-corrected chi connectivity index (χ1v) is 15.7. The molecule has 186 valence electrons. The van der Waals surface area contributed by atoms with Crippen molar-refractivity contribution in [3.8, 4) is 0 Å². The van der Waals surface area contributed by atoms with Crippen LogP contribution in [0.3, 0.4) is 0 Å². The zero-order chi connectivity index (χ0) is 24.9. The van der Waals surface area contributed by atoms with Gasteiger partial charge in [-0.25, -0.2) is 14.4 Å². The smallest absolute Gasteiger partial charge is 0.417 e. The summed E-state index contributed by atoms with van der Waals surface area (Å²) in [6.07, 6.45) is -0.153. The molecule has 0 saturated carbocycles. The lowest BCUT2D eigenvalue weighted by molar-refractivity contribution is -0.134. The summed E-state index contributed by atoms with van der Waals surface area (Å²) in [6.45, 7) is 13.8. The number of aromatic nitrogens is 4. The van der Waals surface area contributed by atoms with E-state index in [1.807, 2.05) is 37.3 Å². The van der Waals surface area contributed by atoms with Gasteiger partial charge < -0.3 is 9.47 Å². The molecule has 0 bridgehead atoms. The minimum Gasteiger partial charge on any atom is -0.439 e. The third-order valence-corrected chi connectivity index (χ3v) is 7.69. The van der Waals surface area contributed by atoms with Gasteiger partial charge in [-0.1, -0.05) is 63.8 Å². The van der Waals surface area contributed by atoms with E-state index in [1.54, 1.807) is 4.68 Å². The minimum atomic E-state index is -1.19. The Kier molecular flexibility index (Phi) is 8.59. The van der Waals surface area contributed by atoms with Crippen molar-refractivity contribution in [2.45, 2.75) is 78.2 Å². The number of carbonyl (C=O) groups is 2. The quantitative estimate of drug-likeness (QED) is 0.344. The van der Waals surface area contributed by atoms with E-state index < -0.39 is 32.2 Å². The monoisotopic (exact) mass is 487 g/mol. The second-order valence-electron chi connectivity index (χ2n) is 10.6. The van der Waals surface area contributed by atoms with Gasteiger partial charge in [0.2, 0.25) is 5.91 Å². The first kappa shape index (κ1) is 26.0. The van der Waals surface area contributed by atoms with Gasteiger partial charge in [0.05, 0.1) is 6.04 Å². The molecule has 1 aromatic carbocycles. The highest BCUT2D eigenvalue weighted by atomic mass is 28.3. The van der Waals surface area contributed by atoms with Gasteiger partial charge in [0.1, 0.15) is 12.8 Å². The second-order valence-corrected chi connectivity index (χ2v) is 16.3. The largest absolute Gasteiger partial charge is 0.439 e. The third kappa shape index (κ3) is 6.72. The van der Waals surface area contributed by atoms with Gasteiger partial charge >= 0.3 is 6.09 Å². The standard InChI is InChI=1S/C24H37N5O4Si/c1-17(2)14-20(15-21-25-26-27-28(21)16-32-12-13-34(4,5)6)23(30)29-18(3)22(33-24(29)31)19-10-8-7-9-11-19/h7-11,17-18,20,22H,12-16H2,1-6H3/t18-,20?,22-/m1/s1. The van der Waals surface area contributed by atoms with Crippen LogP contribution in [0.25, 0.3) is 0 Å². The molecular formula is C24H37N5O4Si. The van der Waals surface area contributed by atoms with Gasteiger partial charge in [-0.2, -0.15) is 0 Å². The number of cyclic esters (lactones) is 1. The Labute approximate surface area is 202 Å². The van der Waals surface area contributed by atoms with Gasteiger partial charge in [0, 0.05) is 27.0 Å². The molecule has 1 unspecified atom stereocenters. The molecule has 1 aromatic heterocycles. The highest BCUT2D eigenvalue weighted by molar-refractivity contribution is 6.76. The van der Waals surface area contributed by atoms with Crippen molar-refractivity contribution >= 4 is 20.1 Å². The zero-order valence-electron chi connectivity index (χ0n) is 21.1. The maximum absolute atomic E-state index is 13.6. The number of benzene rings is 1. The van der Waals surface area contributed by atoms with E-state index in [0.717, 1.165) is 11.6 Å². The van der Waals surface area contributed by atoms with Crippen LogP contribution < -0.4 is 0 Å². The van der Waals surface area contributed by atoms with E-state index in [0.29, 0.717) is 25.3 Å². The highest BCUT2D eigenvalue weighted by Gasteiger charge is 2.45. The average Bonchev–Trinajstić information content (AvgIpc) is 3.33.